The maximum atomic E-state index is 11.6. The first-order chi connectivity index (χ1) is 11.2. The number of amides is 1. The standard InChI is InChI=1S/C20H30N2O2/c1-13(2)17-16(12-15-10-8-7-9-11-15)22-19(24-17)18(20(4,5)6)21-14(3)23/h7-11,13,16-18H,12H2,1-6H3,(H,21,23)/t16-,17-,18+/m0/s1. The van der Waals surface area contributed by atoms with Crippen LogP contribution in [0.25, 0.3) is 0 Å². The van der Waals surface area contributed by atoms with Gasteiger partial charge in [-0.2, -0.15) is 0 Å². The molecule has 0 aromatic heterocycles. The molecule has 0 bridgehead atoms. The van der Waals surface area contributed by atoms with Gasteiger partial charge in [0.25, 0.3) is 0 Å². The van der Waals surface area contributed by atoms with Crippen molar-refractivity contribution in [1.29, 1.82) is 0 Å². The lowest BCUT2D eigenvalue weighted by molar-refractivity contribution is -0.120. The van der Waals surface area contributed by atoms with Crippen LogP contribution >= 0.6 is 0 Å². The summed E-state index contributed by atoms with van der Waals surface area (Å²) in [5.74, 6) is 0.962. The SMILES string of the molecule is CC(=O)N[C@H](C1=N[C@@H](Cc2ccccc2)[C@H](C(C)C)O1)C(C)(C)C. The molecule has 1 heterocycles. The first kappa shape index (κ1) is 18.5. The Morgan fingerprint density at radius 2 is 1.88 bits per heavy atom. The van der Waals surface area contributed by atoms with Crippen molar-refractivity contribution in [2.45, 2.75) is 66.2 Å². The van der Waals surface area contributed by atoms with Gasteiger partial charge in [-0.25, -0.2) is 4.99 Å². The molecule has 0 spiro atoms. The normalized spacial score (nSPS) is 22.0. The molecular formula is C20H30N2O2. The fraction of sp³-hybridized carbons (Fsp3) is 0.600. The Bertz CT molecular complexity index is 587. The van der Waals surface area contributed by atoms with Crippen LogP contribution in [0.1, 0.15) is 47.1 Å². The lowest BCUT2D eigenvalue weighted by Gasteiger charge is -2.31. The molecule has 1 amide bonds. The van der Waals surface area contributed by atoms with Crippen molar-refractivity contribution in [3.8, 4) is 0 Å². The monoisotopic (exact) mass is 330 g/mol. The molecule has 0 radical (unpaired) electrons. The Kier molecular flexibility index (Phi) is 5.68. The summed E-state index contributed by atoms with van der Waals surface area (Å²) < 4.78 is 6.23. The molecule has 3 atom stereocenters. The molecule has 4 heteroatoms. The second-order valence-corrected chi connectivity index (χ2v) is 8.05. The topological polar surface area (TPSA) is 50.7 Å². The Hall–Kier alpha value is -1.84. The average Bonchev–Trinajstić information content (AvgIpc) is 2.88. The summed E-state index contributed by atoms with van der Waals surface area (Å²) in [5.41, 5.74) is 1.10. The molecule has 24 heavy (non-hydrogen) atoms. The van der Waals surface area contributed by atoms with Gasteiger partial charge >= 0.3 is 0 Å². The number of carbonyl (C=O) groups excluding carboxylic acids is 1. The minimum atomic E-state index is -0.211. The van der Waals surface area contributed by atoms with Crippen molar-refractivity contribution in [2.24, 2.45) is 16.3 Å². The van der Waals surface area contributed by atoms with Crippen molar-refractivity contribution in [3.63, 3.8) is 0 Å². The summed E-state index contributed by atoms with van der Waals surface area (Å²) in [5, 5.41) is 3.01. The zero-order valence-electron chi connectivity index (χ0n) is 15.7. The summed E-state index contributed by atoms with van der Waals surface area (Å²) in [6.45, 7) is 12.1. The zero-order valence-corrected chi connectivity index (χ0v) is 15.7. The quantitative estimate of drug-likeness (QED) is 0.897. The molecule has 0 fully saturated rings. The van der Waals surface area contributed by atoms with Gasteiger partial charge in [0.2, 0.25) is 11.8 Å². The lowest BCUT2D eigenvalue weighted by Crippen LogP contribution is -2.49. The number of hydrogen-bond donors (Lipinski definition) is 1. The van der Waals surface area contributed by atoms with Crippen molar-refractivity contribution in [1.82, 2.24) is 5.32 Å². The van der Waals surface area contributed by atoms with E-state index in [0.29, 0.717) is 11.8 Å². The van der Waals surface area contributed by atoms with E-state index in [-0.39, 0.29) is 29.5 Å². The van der Waals surface area contributed by atoms with E-state index in [1.807, 2.05) is 6.07 Å². The maximum Gasteiger partial charge on any atom is 0.217 e. The Labute approximate surface area is 145 Å². The van der Waals surface area contributed by atoms with Crippen LogP contribution < -0.4 is 5.32 Å². The second kappa shape index (κ2) is 7.37. The van der Waals surface area contributed by atoms with Gasteiger partial charge in [0.05, 0.1) is 6.04 Å². The molecule has 0 unspecified atom stereocenters. The number of carbonyl (C=O) groups is 1. The molecule has 1 aromatic carbocycles. The molecule has 4 nitrogen and oxygen atoms in total. The van der Waals surface area contributed by atoms with Crippen molar-refractivity contribution < 1.29 is 9.53 Å². The summed E-state index contributed by atoms with van der Waals surface area (Å²) >= 11 is 0. The highest BCUT2D eigenvalue weighted by atomic mass is 16.5. The van der Waals surface area contributed by atoms with Crippen LogP contribution in [0, 0.1) is 11.3 Å². The molecule has 132 valence electrons. The summed E-state index contributed by atoms with van der Waals surface area (Å²) in [6.07, 6.45) is 0.892. The van der Waals surface area contributed by atoms with E-state index in [1.165, 1.54) is 12.5 Å². The van der Waals surface area contributed by atoms with Crippen molar-refractivity contribution >= 4 is 11.8 Å². The minimum absolute atomic E-state index is 0.0406. The molecule has 0 saturated carbocycles. The van der Waals surface area contributed by atoms with Gasteiger partial charge < -0.3 is 10.1 Å². The third-order valence-corrected chi connectivity index (χ3v) is 4.33. The van der Waals surface area contributed by atoms with Crippen LogP contribution in [-0.2, 0) is 16.0 Å². The fourth-order valence-electron chi connectivity index (χ4n) is 3.08. The smallest absolute Gasteiger partial charge is 0.217 e. The molecule has 0 saturated heterocycles. The summed E-state index contributed by atoms with van der Waals surface area (Å²) in [4.78, 5) is 16.5. The summed E-state index contributed by atoms with van der Waals surface area (Å²) in [6, 6.07) is 10.2. The highest BCUT2D eigenvalue weighted by molar-refractivity contribution is 5.88. The van der Waals surface area contributed by atoms with E-state index < -0.39 is 0 Å². The van der Waals surface area contributed by atoms with Gasteiger partial charge in [-0.3, -0.25) is 4.79 Å². The van der Waals surface area contributed by atoms with Gasteiger partial charge in [0.1, 0.15) is 12.1 Å². The van der Waals surface area contributed by atoms with Gasteiger partial charge in [-0.1, -0.05) is 65.0 Å². The van der Waals surface area contributed by atoms with E-state index >= 15 is 0 Å². The van der Waals surface area contributed by atoms with E-state index in [2.05, 4.69) is 64.2 Å². The molecule has 0 aliphatic carbocycles. The molecule has 1 aliphatic rings. The average molecular weight is 330 g/mol. The van der Waals surface area contributed by atoms with E-state index in [0.717, 1.165) is 6.42 Å². The van der Waals surface area contributed by atoms with Gasteiger partial charge in [-0.05, 0) is 23.3 Å². The van der Waals surface area contributed by atoms with Gasteiger partial charge in [0.15, 0.2) is 0 Å². The van der Waals surface area contributed by atoms with Crippen LogP contribution in [0.4, 0.5) is 0 Å². The molecule has 1 N–H and O–H groups in total. The highest BCUT2D eigenvalue weighted by Gasteiger charge is 2.40. The Morgan fingerprint density at radius 3 is 2.38 bits per heavy atom. The van der Waals surface area contributed by atoms with Crippen LogP contribution in [0.5, 0.6) is 0 Å². The lowest BCUT2D eigenvalue weighted by atomic mass is 9.86. The third-order valence-electron chi connectivity index (χ3n) is 4.33. The second-order valence-electron chi connectivity index (χ2n) is 8.05. The highest BCUT2D eigenvalue weighted by Crippen LogP contribution is 2.30. The molecule has 1 aliphatic heterocycles. The van der Waals surface area contributed by atoms with Crippen LogP contribution in [0.15, 0.2) is 35.3 Å². The largest absolute Gasteiger partial charge is 0.474 e. The number of nitrogens with one attached hydrogen (secondary N) is 1. The number of ether oxygens (including phenoxy) is 1. The van der Waals surface area contributed by atoms with E-state index in [9.17, 15) is 4.79 Å². The number of benzene rings is 1. The molecular weight excluding hydrogens is 300 g/mol. The van der Waals surface area contributed by atoms with Crippen molar-refractivity contribution in [3.05, 3.63) is 35.9 Å². The van der Waals surface area contributed by atoms with Crippen LogP contribution in [0.2, 0.25) is 0 Å². The van der Waals surface area contributed by atoms with E-state index in [1.54, 1.807) is 0 Å². The van der Waals surface area contributed by atoms with Gasteiger partial charge in [0, 0.05) is 6.92 Å². The van der Waals surface area contributed by atoms with Crippen LogP contribution in [-0.4, -0.2) is 30.0 Å². The minimum Gasteiger partial charge on any atom is -0.474 e. The third kappa shape index (κ3) is 4.59. The number of hydrogen-bond acceptors (Lipinski definition) is 3. The molecule has 1 aromatic rings. The number of nitrogens with zero attached hydrogens (tertiary/aromatic N) is 1. The van der Waals surface area contributed by atoms with Crippen molar-refractivity contribution in [2.75, 3.05) is 0 Å². The predicted octanol–water partition coefficient (Wildman–Crippen LogP) is 3.60. The Morgan fingerprint density at radius 1 is 1.25 bits per heavy atom. The zero-order chi connectivity index (χ0) is 17.9. The number of rotatable bonds is 5. The van der Waals surface area contributed by atoms with Gasteiger partial charge in [-0.15, -0.1) is 0 Å². The fourth-order valence-corrected chi connectivity index (χ4v) is 3.08. The van der Waals surface area contributed by atoms with E-state index in [4.69, 9.17) is 9.73 Å². The first-order valence-electron chi connectivity index (χ1n) is 8.74. The summed E-state index contributed by atoms with van der Waals surface area (Å²) in [7, 11) is 0. The predicted molar refractivity (Wildman–Crippen MR) is 98.1 cm³/mol. The Balaban J connectivity index is 2.26. The number of aliphatic imine (C=N–C) groups is 1. The maximum absolute atomic E-state index is 11.6. The van der Waals surface area contributed by atoms with Crippen LogP contribution in [0.3, 0.4) is 0 Å². The molecule has 2 rings (SSSR count). The first-order valence-corrected chi connectivity index (χ1v) is 8.74.